The van der Waals surface area contributed by atoms with Crippen molar-refractivity contribution in [3.8, 4) is 0 Å². The zero-order chi connectivity index (χ0) is 29.8. The molecule has 230 valence electrons. The van der Waals surface area contributed by atoms with Gasteiger partial charge in [-0.05, 0) is 83.3 Å². The van der Waals surface area contributed by atoms with Crippen LogP contribution in [0, 0.1) is 0 Å². The molecule has 0 atom stereocenters. The molecule has 0 bridgehead atoms. The van der Waals surface area contributed by atoms with Crippen LogP contribution >= 0.6 is 0 Å². The van der Waals surface area contributed by atoms with E-state index in [9.17, 15) is 9.59 Å². The molecule has 0 aliphatic rings. The molecule has 3 rings (SSSR count). The molecular weight excluding hydrogens is 520 g/mol. The van der Waals surface area contributed by atoms with Crippen molar-refractivity contribution in [1.82, 2.24) is 0 Å². The van der Waals surface area contributed by atoms with Gasteiger partial charge < -0.3 is 9.47 Å². The number of methoxy groups -OCH3 is 2. The number of unbranched alkanes of at least 4 members (excludes halogenated alkanes) is 14. The number of hydrogen-bond donors (Lipinski definition) is 0. The number of carbonyl (C=O) groups is 2. The van der Waals surface area contributed by atoms with Gasteiger partial charge in [0.2, 0.25) is 0 Å². The second kappa shape index (κ2) is 20.1. The third-order valence-electron chi connectivity index (χ3n) is 8.57. The monoisotopic (exact) mass is 574 g/mol. The van der Waals surface area contributed by atoms with E-state index < -0.39 is 0 Å². The summed E-state index contributed by atoms with van der Waals surface area (Å²) in [5, 5.41) is 5.37. The van der Waals surface area contributed by atoms with E-state index in [1.165, 1.54) is 124 Å². The Morgan fingerprint density at radius 2 is 0.762 bits per heavy atom. The van der Waals surface area contributed by atoms with E-state index in [0.717, 1.165) is 38.5 Å². The molecule has 0 unspecified atom stereocenters. The Balaban J connectivity index is 1.31. The number of rotatable bonds is 22. The first-order valence-electron chi connectivity index (χ1n) is 16.7. The van der Waals surface area contributed by atoms with Crippen molar-refractivity contribution in [1.29, 1.82) is 0 Å². The number of esters is 2. The fourth-order valence-corrected chi connectivity index (χ4v) is 5.93. The zero-order valence-corrected chi connectivity index (χ0v) is 26.4. The Bertz CT molecular complexity index is 1120. The largest absolute Gasteiger partial charge is 0.469 e. The van der Waals surface area contributed by atoms with Crippen LogP contribution < -0.4 is 0 Å². The Labute approximate surface area is 254 Å². The maximum absolute atomic E-state index is 11.1. The van der Waals surface area contributed by atoms with Crippen molar-refractivity contribution in [3.63, 3.8) is 0 Å². The molecule has 4 nitrogen and oxygen atoms in total. The van der Waals surface area contributed by atoms with Gasteiger partial charge in [0, 0.05) is 12.8 Å². The SMILES string of the molecule is COC(=O)CCCCCCCCCCc1ccc2cc3cc(CCCCCCCCCCC(=O)OC)ccc3cc2c1. The molecule has 0 saturated carbocycles. The van der Waals surface area contributed by atoms with Crippen LogP contribution in [-0.2, 0) is 31.9 Å². The van der Waals surface area contributed by atoms with E-state index in [-0.39, 0.29) is 11.9 Å². The summed E-state index contributed by atoms with van der Waals surface area (Å²) in [7, 11) is 2.93. The lowest BCUT2D eigenvalue weighted by atomic mass is 9.97. The first kappa shape index (κ1) is 33.6. The van der Waals surface area contributed by atoms with Crippen LogP contribution in [0.5, 0.6) is 0 Å². The second-order valence-corrected chi connectivity index (χ2v) is 12.0. The van der Waals surface area contributed by atoms with Gasteiger partial charge in [-0.3, -0.25) is 9.59 Å². The summed E-state index contributed by atoms with van der Waals surface area (Å²) >= 11 is 0. The fourth-order valence-electron chi connectivity index (χ4n) is 5.93. The molecule has 42 heavy (non-hydrogen) atoms. The topological polar surface area (TPSA) is 52.6 Å². The average Bonchev–Trinajstić information content (AvgIpc) is 3.01. The van der Waals surface area contributed by atoms with Gasteiger partial charge in [-0.2, -0.15) is 0 Å². The van der Waals surface area contributed by atoms with Crippen molar-refractivity contribution < 1.29 is 19.1 Å². The van der Waals surface area contributed by atoms with Gasteiger partial charge in [0.15, 0.2) is 0 Å². The second-order valence-electron chi connectivity index (χ2n) is 12.0. The summed E-state index contributed by atoms with van der Waals surface area (Å²) in [6.07, 6.45) is 22.9. The maximum Gasteiger partial charge on any atom is 0.305 e. The molecule has 0 amide bonds. The number of ether oxygens (including phenoxy) is 2. The Morgan fingerprint density at radius 1 is 0.429 bits per heavy atom. The quantitative estimate of drug-likeness (QED) is 0.0680. The number of hydrogen-bond acceptors (Lipinski definition) is 4. The Hall–Kier alpha value is -2.88. The van der Waals surface area contributed by atoms with E-state index in [1.54, 1.807) is 0 Å². The van der Waals surface area contributed by atoms with Gasteiger partial charge in [-0.25, -0.2) is 0 Å². The molecular formula is C38H54O4. The summed E-state index contributed by atoms with van der Waals surface area (Å²) in [5.74, 6) is -0.171. The van der Waals surface area contributed by atoms with E-state index in [0.29, 0.717) is 12.8 Å². The van der Waals surface area contributed by atoms with E-state index in [4.69, 9.17) is 9.47 Å². The normalized spacial score (nSPS) is 11.3. The van der Waals surface area contributed by atoms with Crippen LogP contribution in [0.25, 0.3) is 21.5 Å². The van der Waals surface area contributed by atoms with Crippen LogP contribution in [-0.4, -0.2) is 26.2 Å². The van der Waals surface area contributed by atoms with Gasteiger partial charge in [0.1, 0.15) is 0 Å². The predicted molar refractivity (Wildman–Crippen MR) is 176 cm³/mol. The zero-order valence-electron chi connectivity index (χ0n) is 26.4. The van der Waals surface area contributed by atoms with Crippen molar-refractivity contribution in [2.24, 2.45) is 0 Å². The molecule has 0 spiro atoms. The lowest BCUT2D eigenvalue weighted by molar-refractivity contribution is -0.141. The highest BCUT2D eigenvalue weighted by molar-refractivity contribution is 5.98. The van der Waals surface area contributed by atoms with Crippen LogP contribution in [0.4, 0.5) is 0 Å². The summed E-state index contributed by atoms with van der Waals surface area (Å²) in [6.45, 7) is 0. The first-order chi connectivity index (χ1) is 20.6. The van der Waals surface area contributed by atoms with Gasteiger partial charge in [0.25, 0.3) is 0 Å². The van der Waals surface area contributed by atoms with Gasteiger partial charge in [-0.15, -0.1) is 0 Å². The molecule has 3 aromatic rings. The molecule has 0 saturated heterocycles. The highest BCUT2D eigenvalue weighted by atomic mass is 16.5. The van der Waals surface area contributed by atoms with E-state index >= 15 is 0 Å². The molecule has 0 aromatic heterocycles. The molecule has 4 heteroatoms. The third-order valence-corrected chi connectivity index (χ3v) is 8.57. The number of fused-ring (bicyclic) bond motifs is 2. The molecule has 0 fully saturated rings. The van der Waals surface area contributed by atoms with Crippen molar-refractivity contribution in [3.05, 3.63) is 59.7 Å². The van der Waals surface area contributed by atoms with Gasteiger partial charge >= 0.3 is 11.9 Å². The van der Waals surface area contributed by atoms with E-state index in [1.807, 2.05) is 0 Å². The maximum atomic E-state index is 11.1. The number of carbonyl (C=O) groups excluding carboxylic acids is 2. The van der Waals surface area contributed by atoms with E-state index in [2.05, 4.69) is 48.5 Å². The highest BCUT2D eigenvalue weighted by Gasteiger charge is 2.04. The molecule has 0 aliphatic carbocycles. The first-order valence-corrected chi connectivity index (χ1v) is 16.7. The highest BCUT2D eigenvalue weighted by Crippen LogP contribution is 2.26. The minimum absolute atomic E-state index is 0.0856. The van der Waals surface area contributed by atoms with Gasteiger partial charge in [-0.1, -0.05) is 113 Å². The minimum atomic E-state index is -0.0856. The van der Waals surface area contributed by atoms with Crippen LogP contribution in [0.2, 0.25) is 0 Å². The predicted octanol–water partition coefficient (Wildman–Crippen LogP) is 10.4. The molecule has 0 heterocycles. The standard InChI is InChI=1S/C38H54O4/c1-41-37(39)21-17-13-9-5-3-7-11-15-19-31-23-25-33-30-36-28-32(24-26-34(36)29-35(33)27-31)20-16-12-8-4-6-10-14-18-22-38(40)42-2/h23-30H,3-22H2,1-2H3. The number of benzene rings is 3. The lowest BCUT2D eigenvalue weighted by Gasteiger charge is -2.08. The third kappa shape index (κ3) is 13.0. The Morgan fingerprint density at radius 3 is 1.12 bits per heavy atom. The smallest absolute Gasteiger partial charge is 0.305 e. The van der Waals surface area contributed by atoms with Crippen LogP contribution in [0.1, 0.15) is 127 Å². The Kier molecular flexibility index (Phi) is 16.1. The summed E-state index contributed by atoms with van der Waals surface area (Å²) in [4.78, 5) is 22.3. The van der Waals surface area contributed by atoms with Crippen LogP contribution in [0.3, 0.4) is 0 Å². The molecule has 0 radical (unpaired) electrons. The molecule has 0 aliphatic heterocycles. The van der Waals surface area contributed by atoms with Crippen molar-refractivity contribution in [2.45, 2.75) is 128 Å². The summed E-state index contributed by atoms with van der Waals surface area (Å²) in [5.41, 5.74) is 2.89. The van der Waals surface area contributed by atoms with Crippen molar-refractivity contribution >= 4 is 33.5 Å². The summed E-state index contributed by atoms with van der Waals surface area (Å²) in [6, 6.07) is 18.8. The minimum Gasteiger partial charge on any atom is -0.469 e. The number of aryl methyl sites for hydroxylation is 2. The molecule has 3 aromatic carbocycles. The lowest BCUT2D eigenvalue weighted by Crippen LogP contribution is -1.99. The summed E-state index contributed by atoms with van der Waals surface area (Å²) < 4.78 is 9.39. The average molecular weight is 575 g/mol. The van der Waals surface area contributed by atoms with Crippen molar-refractivity contribution in [2.75, 3.05) is 14.2 Å². The van der Waals surface area contributed by atoms with Gasteiger partial charge in [0.05, 0.1) is 14.2 Å². The molecule has 0 N–H and O–H groups in total. The van der Waals surface area contributed by atoms with Crippen LogP contribution in [0.15, 0.2) is 48.5 Å². The fraction of sp³-hybridized carbons (Fsp3) is 0.579.